The average molecular weight is 616 g/mol. The minimum atomic E-state index is -0.343. The number of esters is 2. The highest BCUT2D eigenvalue weighted by Crippen LogP contribution is 2.43. The number of aromatic nitrogens is 1. The zero-order valence-electron chi connectivity index (χ0n) is 25.6. The molecular weight excluding hydrogens is 578 g/mol. The van der Waals surface area contributed by atoms with Gasteiger partial charge < -0.3 is 13.9 Å². The SMILES string of the molecule is CC(=O)C1CCC(C(=O)Oc2ccc(OC(=O)C3CCC(C(C)=O)CC3)c3sc(-c4cc5cc(C)cc(C)c5o4)nc23)CC1. The van der Waals surface area contributed by atoms with Crippen molar-refractivity contribution in [1.82, 2.24) is 4.98 Å². The highest BCUT2D eigenvalue weighted by Gasteiger charge is 2.32. The molecule has 2 saturated carbocycles. The number of ether oxygens (including phenoxy) is 2. The summed E-state index contributed by atoms with van der Waals surface area (Å²) < 4.78 is 18.7. The number of rotatable bonds is 7. The Kier molecular flexibility index (Phi) is 8.42. The predicted octanol–water partition coefficient (Wildman–Crippen LogP) is 7.93. The van der Waals surface area contributed by atoms with Crippen LogP contribution in [0.3, 0.4) is 0 Å². The van der Waals surface area contributed by atoms with Crippen LogP contribution in [0.15, 0.2) is 34.7 Å². The molecule has 2 aromatic carbocycles. The summed E-state index contributed by atoms with van der Waals surface area (Å²) >= 11 is 1.32. The third kappa shape index (κ3) is 6.07. The summed E-state index contributed by atoms with van der Waals surface area (Å²) in [6.45, 7) is 7.26. The maximum atomic E-state index is 13.2. The van der Waals surface area contributed by atoms with Crippen LogP contribution in [0.5, 0.6) is 11.5 Å². The summed E-state index contributed by atoms with van der Waals surface area (Å²) in [6, 6.07) is 9.37. The van der Waals surface area contributed by atoms with Crippen molar-refractivity contribution < 1.29 is 33.1 Å². The molecule has 0 amide bonds. The summed E-state index contributed by atoms with van der Waals surface area (Å²) in [5, 5.41) is 1.55. The largest absolute Gasteiger partial charge is 0.453 e. The van der Waals surface area contributed by atoms with E-state index in [-0.39, 0.29) is 47.2 Å². The van der Waals surface area contributed by atoms with Gasteiger partial charge in [0.2, 0.25) is 0 Å². The Morgan fingerprint density at radius 3 is 1.84 bits per heavy atom. The molecule has 2 aromatic heterocycles. The number of hydrogen-bond acceptors (Lipinski definition) is 9. The summed E-state index contributed by atoms with van der Waals surface area (Å²) in [5.41, 5.74) is 3.36. The Morgan fingerprint density at radius 2 is 1.27 bits per heavy atom. The van der Waals surface area contributed by atoms with Crippen LogP contribution in [0.25, 0.3) is 32.0 Å². The van der Waals surface area contributed by atoms with Gasteiger partial charge in [-0.1, -0.05) is 11.6 Å². The van der Waals surface area contributed by atoms with Crippen molar-refractivity contribution in [2.75, 3.05) is 0 Å². The molecule has 0 saturated heterocycles. The molecule has 230 valence electrons. The Balaban J connectivity index is 1.31. The molecule has 0 radical (unpaired) electrons. The summed E-state index contributed by atoms with van der Waals surface area (Å²) in [4.78, 5) is 54.9. The molecule has 4 aromatic rings. The molecular formula is C35H37NO7S. The third-order valence-corrected chi connectivity index (χ3v) is 10.4. The smallest absolute Gasteiger partial charge is 0.314 e. The molecule has 0 atom stereocenters. The number of fused-ring (bicyclic) bond motifs is 2. The maximum absolute atomic E-state index is 13.2. The van der Waals surface area contributed by atoms with Crippen LogP contribution >= 0.6 is 11.3 Å². The van der Waals surface area contributed by atoms with Crippen molar-refractivity contribution in [2.24, 2.45) is 23.7 Å². The molecule has 2 fully saturated rings. The lowest BCUT2D eigenvalue weighted by atomic mass is 9.80. The fourth-order valence-electron chi connectivity index (χ4n) is 6.70. The van der Waals surface area contributed by atoms with Gasteiger partial charge in [-0.15, -0.1) is 11.3 Å². The van der Waals surface area contributed by atoms with E-state index in [0.29, 0.717) is 83.9 Å². The van der Waals surface area contributed by atoms with E-state index in [1.165, 1.54) is 11.3 Å². The second kappa shape index (κ2) is 12.3. The lowest BCUT2D eigenvalue weighted by Crippen LogP contribution is -2.28. The molecule has 0 aliphatic heterocycles. The highest BCUT2D eigenvalue weighted by atomic mass is 32.1. The number of nitrogens with zero attached hydrogens (tertiary/aromatic N) is 1. The monoisotopic (exact) mass is 615 g/mol. The van der Waals surface area contributed by atoms with Gasteiger partial charge in [0, 0.05) is 17.2 Å². The van der Waals surface area contributed by atoms with Crippen LogP contribution in [0.4, 0.5) is 0 Å². The number of hydrogen-bond donors (Lipinski definition) is 0. The first kappa shape index (κ1) is 30.2. The second-order valence-electron chi connectivity index (χ2n) is 12.5. The highest BCUT2D eigenvalue weighted by molar-refractivity contribution is 7.22. The number of ketones is 2. The van der Waals surface area contributed by atoms with E-state index in [9.17, 15) is 19.2 Å². The van der Waals surface area contributed by atoms with Gasteiger partial charge in [-0.3, -0.25) is 19.2 Å². The first-order valence-corrected chi connectivity index (χ1v) is 16.3. The summed E-state index contributed by atoms with van der Waals surface area (Å²) in [6.07, 6.45) is 5.16. The zero-order chi connectivity index (χ0) is 31.1. The molecule has 2 aliphatic carbocycles. The van der Waals surface area contributed by atoms with E-state index in [1.807, 2.05) is 19.9 Å². The number of thiazole rings is 1. The number of carbonyl (C=O) groups excluding carboxylic acids is 4. The third-order valence-electron chi connectivity index (χ3n) is 9.32. The Labute approximate surface area is 260 Å². The van der Waals surface area contributed by atoms with Gasteiger partial charge in [0.15, 0.2) is 22.3 Å². The quantitative estimate of drug-likeness (QED) is 0.152. The zero-order valence-corrected chi connectivity index (χ0v) is 26.4. The van der Waals surface area contributed by atoms with Gasteiger partial charge in [0.1, 0.15) is 27.4 Å². The van der Waals surface area contributed by atoms with Crippen molar-refractivity contribution in [3.8, 4) is 22.3 Å². The Hall–Kier alpha value is -3.85. The second-order valence-corrected chi connectivity index (χ2v) is 13.5. The molecule has 2 heterocycles. The van der Waals surface area contributed by atoms with E-state index in [4.69, 9.17) is 18.9 Å². The van der Waals surface area contributed by atoms with Gasteiger partial charge in [0.05, 0.1) is 11.8 Å². The number of aryl methyl sites for hydroxylation is 2. The Morgan fingerprint density at radius 1 is 0.750 bits per heavy atom. The molecule has 0 spiro atoms. The van der Waals surface area contributed by atoms with Crippen LogP contribution in [-0.2, 0) is 19.2 Å². The summed E-state index contributed by atoms with van der Waals surface area (Å²) in [7, 11) is 0. The van der Waals surface area contributed by atoms with E-state index in [2.05, 4.69) is 12.1 Å². The number of Topliss-reactive ketones (excluding diaryl/α,β-unsaturated/α-hetero) is 2. The molecule has 0 bridgehead atoms. The molecule has 8 nitrogen and oxygen atoms in total. The van der Waals surface area contributed by atoms with Crippen molar-refractivity contribution in [2.45, 2.75) is 79.1 Å². The van der Waals surface area contributed by atoms with Crippen LogP contribution in [0.1, 0.15) is 76.3 Å². The molecule has 9 heteroatoms. The molecule has 0 unspecified atom stereocenters. The lowest BCUT2D eigenvalue weighted by Gasteiger charge is -2.25. The number of benzene rings is 2. The minimum absolute atomic E-state index is 0.00886. The van der Waals surface area contributed by atoms with E-state index in [0.717, 1.165) is 22.1 Å². The molecule has 44 heavy (non-hydrogen) atoms. The van der Waals surface area contributed by atoms with Crippen LogP contribution in [0, 0.1) is 37.5 Å². The number of carbonyl (C=O) groups is 4. The maximum Gasteiger partial charge on any atom is 0.314 e. The first-order chi connectivity index (χ1) is 21.1. The van der Waals surface area contributed by atoms with Crippen molar-refractivity contribution >= 4 is 56.0 Å². The van der Waals surface area contributed by atoms with Gasteiger partial charge in [-0.05, 0) is 109 Å². The minimum Gasteiger partial charge on any atom is -0.453 e. The lowest BCUT2D eigenvalue weighted by molar-refractivity contribution is -0.141. The molecule has 0 N–H and O–H groups in total. The van der Waals surface area contributed by atoms with Crippen LogP contribution < -0.4 is 9.47 Å². The fourth-order valence-corrected chi connectivity index (χ4v) is 7.69. The van der Waals surface area contributed by atoms with Gasteiger partial charge in [0.25, 0.3) is 0 Å². The standard InChI is InChI=1S/C35H37NO7S/c1-18-15-19(2)31-26(16-18)17-29(41-31)33-36-30-27(42-34(39)24-9-5-22(6-10-24)20(3)37)13-14-28(32(30)44-33)43-35(40)25-11-7-23(8-12-25)21(4)38/h13-17,22-25H,5-12H2,1-4H3. The topological polar surface area (TPSA) is 113 Å². The predicted molar refractivity (Wildman–Crippen MR) is 168 cm³/mol. The number of furan rings is 1. The first-order valence-electron chi connectivity index (χ1n) is 15.5. The molecule has 2 aliphatic rings. The Bertz CT molecular complexity index is 1680. The van der Waals surface area contributed by atoms with E-state index >= 15 is 0 Å². The van der Waals surface area contributed by atoms with Crippen molar-refractivity contribution in [3.63, 3.8) is 0 Å². The van der Waals surface area contributed by atoms with E-state index < -0.39 is 0 Å². The normalized spacial score (nSPS) is 22.2. The van der Waals surface area contributed by atoms with Gasteiger partial charge in [-0.2, -0.15) is 0 Å². The van der Waals surface area contributed by atoms with E-state index in [1.54, 1.807) is 26.0 Å². The van der Waals surface area contributed by atoms with Crippen molar-refractivity contribution in [3.05, 3.63) is 41.5 Å². The molecule has 6 rings (SSSR count). The van der Waals surface area contributed by atoms with Crippen LogP contribution in [0.2, 0.25) is 0 Å². The fraction of sp³-hybridized carbons (Fsp3) is 0.457. The van der Waals surface area contributed by atoms with Gasteiger partial charge >= 0.3 is 11.9 Å². The summed E-state index contributed by atoms with van der Waals surface area (Å²) in [5.74, 6) is 0.347. The van der Waals surface area contributed by atoms with Crippen molar-refractivity contribution in [1.29, 1.82) is 0 Å². The average Bonchev–Trinajstić information content (AvgIpc) is 3.64. The van der Waals surface area contributed by atoms with Gasteiger partial charge in [-0.25, -0.2) is 4.98 Å². The van der Waals surface area contributed by atoms with Crippen LogP contribution in [-0.4, -0.2) is 28.5 Å².